The Balaban J connectivity index is 1.45. The Morgan fingerprint density at radius 2 is 2.00 bits per heavy atom. The molecule has 8 heteroatoms. The topological polar surface area (TPSA) is 54.0 Å². The van der Waals surface area contributed by atoms with E-state index in [-0.39, 0.29) is 19.5 Å². The van der Waals surface area contributed by atoms with E-state index in [1.165, 1.54) is 0 Å². The van der Waals surface area contributed by atoms with Crippen LogP contribution in [0.3, 0.4) is 0 Å². The van der Waals surface area contributed by atoms with E-state index in [9.17, 15) is 18.0 Å². The first-order chi connectivity index (χ1) is 12.9. The first-order valence-electron chi connectivity index (χ1n) is 8.99. The lowest BCUT2D eigenvalue weighted by molar-refractivity contribution is -0.195. The molecule has 0 bridgehead atoms. The molecule has 1 fully saturated rings. The van der Waals surface area contributed by atoms with Crippen molar-refractivity contribution in [3.8, 4) is 11.3 Å². The zero-order chi connectivity index (χ0) is 19.3. The van der Waals surface area contributed by atoms with Gasteiger partial charge in [-0.05, 0) is 41.8 Å². The van der Waals surface area contributed by atoms with Crippen LogP contribution in [0.25, 0.3) is 11.3 Å². The van der Waals surface area contributed by atoms with Gasteiger partial charge in [0, 0.05) is 30.2 Å². The number of aromatic nitrogens is 1. The van der Waals surface area contributed by atoms with Gasteiger partial charge >= 0.3 is 12.2 Å². The van der Waals surface area contributed by atoms with Gasteiger partial charge in [-0.2, -0.15) is 24.5 Å². The van der Waals surface area contributed by atoms with Gasteiger partial charge in [-0.3, -0.25) is 4.98 Å². The fraction of sp³-hybridized carbons (Fsp3) is 0.474. The van der Waals surface area contributed by atoms with Crippen molar-refractivity contribution in [2.75, 3.05) is 6.54 Å². The van der Waals surface area contributed by atoms with Crippen molar-refractivity contribution < 1.29 is 18.0 Å². The van der Waals surface area contributed by atoms with Gasteiger partial charge < -0.3 is 10.6 Å². The maximum absolute atomic E-state index is 13.1. The Morgan fingerprint density at radius 1 is 1.19 bits per heavy atom. The van der Waals surface area contributed by atoms with Crippen LogP contribution in [0.4, 0.5) is 18.0 Å². The number of alkyl halides is 3. The second-order valence-electron chi connectivity index (χ2n) is 6.82. The Hall–Kier alpha value is -2.09. The lowest BCUT2D eigenvalue weighted by Gasteiger charge is -2.33. The average molecular weight is 397 g/mol. The lowest BCUT2D eigenvalue weighted by atomic mass is 9.79. The second kappa shape index (κ2) is 8.73. The zero-order valence-corrected chi connectivity index (χ0v) is 15.6. The Morgan fingerprint density at radius 3 is 2.67 bits per heavy atom. The fourth-order valence-corrected chi connectivity index (χ4v) is 4.11. The zero-order valence-electron chi connectivity index (χ0n) is 14.8. The van der Waals surface area contributed by atoms with E-state index in [2.05, 4.69) is 15.6 Å². The number of amides is 2. The van der Waals surface area contributed by atoms with Crippen LogP contribution < -0.4 is 10.6 Å². The first kappa shape index (κ1) is 19.7. The number of hydrogen-bond acceptors (Lipinski definition) is 3. The molecule has 2 heterocycles. The molecule has 0 aromatic carbocycles. The van der Waals surface area contributed by atoms with Crippen LogP contribution in [0.15, 0.2) is 35.2 Å². The molecule has 146 valence electrons. The van der Waals surface area contributed by atoms with E-state index in [1.54, 1.807) is 17.5 Å². The summed E-state index contributed by atoms with van der Waals surface area (Å²) in [6.07, 6.45) is -0.477. The quantitative estimate of drug-likeness (QED) is 0.748. The van der Waals surface area contributed by atoms with E-state index in [0.29, 0.717) is 12.8 Å². The standard InChI is InChI=1S/C19H22F3N3OS/c20-19(21,22)16-4-2-1-3-14(16)11-25-18(26)24-10-13-5-6-17(23-9-13)15-7-8-27-12-15/h5-9,12,14,16H,1-4,10-11H2,(H2,24,25,26)/t14-,16-/m1/s1. The Kier molecular flexibility index (Phi) is 6.36. The summed E-state index contributed by atoms with van der Waals surface area (Å²) >= 11 is 1.60. The number of carbonyl (C=O) groups excluding carboxylic acids is 1. The largest absolute Gasteiger partial charge is 0.392 e. The molecule has 0 radical (unpaired) electrons. The van der Waals surface area contributed by atoms with E-state index in [0.717, 1.165) is 23.2 Å². The van der Waals surface area contributed by atoms with Crippen LogP contribution >= 0.6 is 11.3 Å². The lowest BCUT2D eigenvalue weighted by Crippen LogP contribution is -2.43. The summed E-state index contributed by atoms with van der Waals surface area (Å²) in [5.74, 6) is -1.86. The number of hydrogen-bond donors (Lipinski definition) is 2. The van der Waals surface area contributed by atoms with Gasteiger partial charge in [0.2, 0.25) is 0 Å². The van der Waals surface area contributed by atoms with Gasteiger partial charge in [-0.15, -0.1) is 0 Å². The van der Waals surface area contributed by atoms with Gasteiger partial charge in [0.15, 0.2) is 0 Å². The molecule has 2 aromatic heterocycles. The molecular formula is C19H22F3N3OS. The number of carbonyl (C=O) groups is 1. The molecule has 2 amide bonds. The van der Waals surface area contributed by atoms with Crippen molar-refractivity contribution in [3.63, 3.8) is 0 Å². The van der Waals surface area contributed by atoms with Crippen LogP contribution in [0.1, 0.15) is 31.2 Å². The van der Waals surface area contributed by atoms with Gasteiger partial charge in [0.1, 0.15) is 0 Å². The van der Waals surface area contributed by atoms with Gasteiger partial charge in [0.25, 0.3) is 0 Å². The number of urea groups is 1. The minimum atomic E-state index is -4.20. The molecule has 1 aliphatic carbocycles. The van der Waals surface area contributed by atoms with Gasteiger partial charge in [0.05, 0.1) is 11.6 Å². The van der Waals surface area contributed by atoms with E-state index < -0.39 is 24.0 Å². The highest BCUT2D eigenvalue weighted by Crippen LogP contribution is 2.41. The van der Waals surface area contributed by atoms with Crippen molar-refractivity contribution in [1.82, 2.24) is 15.6 Å². The maximum Gasteiger partial charge on any atom is 0.392 e. The number of halogens is 3. The molecule has 3 rings (SSSR count). The van der Waals surface area contributed by atoms with Crippen LogP contribution in [0, 0.1) is 11.8 Å². The average Bonchev–Trinajstić information content (AvgIpc) is 3.19. The van der Waals surface area contributed by atoms with Crippen LogP contribution in [0.2, 0.25) is 0 Å². The minimum absolute atomic E-state index is 0.0470. The number of rotatable bonds is 5. The van der Waals surface area contributed by atoms with E-state index in [1.807, 2.05) is 29.0 Å². The summed E-state index contributed by atoms with van der Waals surface area (Å²) in [6, 6.07) is 5.29. The highest BCUT2D eigenvalue weighted by Gasteiger charge is 2.45. The molecule has 0 unspecified atom stereocenters. The van der Waals surface area contributed by atoms with Crippen molar-refractivity contribution in [2.24, 2.45) is 11.8 Å². The van der Waals surface area contributed by atoms with Crippen molar-refractivity contribution in [1.29, 1.82) is 0 Å². The fourth-order valence-electron chi connectivity index (χ4n) is 3.46. The summed E-state index contributed by atoms with van der Waals surface area (Å²) in [7, 11) is 0. The number of pyridine rings is 1. The van der Waals surface area contributed by atoms with Crippen LogP contribution in [0.5, 0.6) is 0 Å². The highest BCUT2D eigenvalue weighted by molar-refractivity contribution is 7.08. The maximum atomic E-state index is 13.1. The highest BCUT2D eigenvalue weighted by atomic mass is 32.1. The number of thiophene rings is 1. The third-order valence-electron chi connectivity index (χ3n) is 4.95. The van der Waals surface area contributed by atoms with Crippen LogP contribution in [-0.2, 0) is 6.54 Å². The summed E-state index contributed by atoms with van der Waals surface area (Å²) in [4.78, 5) is 16.3. The van der Waals surface area contributed by atoms with Crippen LogP contribution in [-0.4, -0.2) is 23.7 Å². The molecule has 1 aliphatic rings. The summed E-state index contributed by atoms with van der Waals surface area (Å²) < 4.78 is 39.3. The molecule has 1 saturated carbocycles. The predicted molar refractivity (Wildman–Crippen MR) is 99.3 cm³/mol. The molecule has 2 atom stereocenters. The predicted octanol–water partition coefficient (Wildman–Crippen LogP) is 4.98. The van der Waals surface area contributed by atoms with Crippen molar-refractivity contribution >= 4 is 17.4 Å². The number of nitrogens with zero attached hydrogens (tertiary/aromatic N) is 1. The minimum Gasteiger partial charge on any atom is -0.338 e. The SMILES string of the molecule is O=C(NCc1ccc(-c2ccsc2)nc1)NC[C@H]1CCCC[C@H]1C(F)(F)F. The molecule has 27 heavy (non-hydrogen) atoms. The van der Waals surface area contributed by atoms with Gasteiger partial charge in [-0.25, -0.2) is 4.79 Å². The molecule has 2 N–H and O–H groups in total. The first-order valence-corrected chi connectivity index (χ1v) is 9.93. The second-order valence-corrected chi connectivity index (χ2v) is 7.60. The smallest absolute Gasteiger partial charge is 0.338 e. The Labute approximate surface area is 160 Å². The van der Waals surface area contributed by atoms with E-state index >= 15 is 0 Å². The van der Waals surface area contributed by atoms with Gasteiger partial charge in [-0.1, -0.05) is 18.9 Å². The monoisotopic (exact) mass is 397 g/mol. The summed E-state index contributed by atoms with van der Waals surface area (Å²) in [5.41, 5.74) is 2.74. The Bertz CT molecular complexity index is 732. The van der Waals surface area contributed by atoms with E-state index in [4.69, 9.17) is 0 Å². The molecule has 0 saturated heterocycles. The molecule has 4 nitrogen and oxygen atoms in total. The molecule has 0 aliphatic heterocycles. The summed E-state index contributed by atoms with van der Waals surface area (Å²) in [5, 5.41) is 9.25. The molecule has 0 spiro atoms. The normalized spacial score (nSPS) is 20.3. The molecule has 2 aromatic rings. The van der Waals surface area contributed by atoms with Crippen molar-refractivity contribution in [2.45, 2.75) is 38.4 Å². The summed E-state index contributed by atoms with van der Waals surface area (Å²) in [6.45, 7) is 0.321. The molecular weight excluding hydrogens is 375 g/mol. The number of nitrogens with one attached hydrogen (secondary N) is 2. The third-order valence-corrected chi connectivity index (χ3v) is 5.63. The third kappa shape index (κ3) is 5.45. The van der Waals surface area contributed by atoms with Crippen molar-refractivity contribution in [3.05, 3.63) is 40.7 Å².